The van der Waals surface area contributed by atoms with Crippen molar-refractivity contribution in [2.24, 2.45) is 5.92 Å². The molecule has 0 atom stereocenters. The average Bonchev–Trinajstić information content (AvgIpc) is 1.95. The number of alkyl halides is 1. The van der Waals surface area contributed by atoms with E-state index in [4.69, 9.17) is 0 Å². The molecule has 0 radical (unpaired) electrons. The van der Waals surface area contributed by atoms with E-state index in [1.165, 1.54) is 0 Å². The Morgan fingerprint density at radius 2 is 1.92 bits per heavy atom. The third kappa shape index (κ3) is 8.71. The van der Waals surface area contributed by atoms with Crippen molar-refractivity contribution in [1.29, 1.82) is 0 Å². The number of halogens is 1. The molecule has 0 spiro atoms. The van der Waals surface area contributed by atoms with Crippen LogP contribution in [-0.4, -0.2) is 26.0 Å². The van der Waals surface area contributed by atoms with Gasteiger partial charge in [0.2, 0.25) is 10.0 Å². The number of rotatable bonds is 7. The monoisotopic (exact) mass is 271 g/mol. The van der Waals surface area contributed by atoms with Crippen molar-refractivity contribution in [2.45, 2.75) is 26.7 Å². The molecule has 0 aromatic carbocycles. The Hall–Kier alpha value is 0.390. The summed E-state index contributed by atoms with van der Waals surface area (Å²) in [6, 6.07) is 0. The fraction of sp³-hybridized carbons (Fsp3) is 1.00. The summed E-state index contributed by atoms with van der Waals surface area (Å²) in [4.78, 5) is 0. The lowest BCUT2D eigenvalue weighted by atomic mass is 10.3. The second kappa shape index (κ2) is 6.79. The van der Waals surface area contributed by atoms with Gasteiger partial charge in [0.05, 0.1) is 5.75 Å². The van der Waals surface area contributed by atoms with E-state index in [1.807, 2.05) is 13.8 Å². The van der Waals surface area contributed by atoms with Gasteiger partial charge in [-0.1, -0.05) is 29.8 Å². The Morgan fingerprint density at radius 1 is 1.31 bits per heavy atom. The maximum atomic E-state index is 11.3. The van der Waals surface area contributed by atoms with Crippen molar-refractivity contribution in [3.8, 4) is 0 Å². The van der Waals surface area contributed by atoms with E-state index in [2.05, 4.69) is 20.7 Å². The minimum absolute atomic E-state index is 0.189. The van der Waals surface area contributed by atoms with Crippen LogP contribution in [0.2, 0.25) is 0 Å². The predicted molar refractivity (Wildman–Crippen MR) is 59.7 cm³/mol. The quantitative estimate of drug-likeness (QED) is 0.567. The SMILES string of the molecule is CC(C)CS(=O)(=O)NCCCCBr. The molecule has 3 nitrogen and oxygen atoms in total. The summed E-state index contributed by atoms with van der Waals surface area (Å²) in [5, 5.41) is 0.929. The number of nitrogens with one attached hydrogen (secondary N) is 1. The van der Waals surface area contributed by atoms with Gasteiger partial charge in [-0.25, -0.2) is 13.1 Å². The molecule has 0 aromatic heterocycles. The standard InChI is InChI=1S/C8H18BrNO2S/c1-8(2)7-13(11,12)10-6-4-3-5-9/h8,10H,3-7H2,1-2H3. The molecule has 0 unspecified atom stereocenters. The third-order valence-corrected chi connectivity index (χ3v) is 3.75. The molecular weight excluding hydrogens is 254 g/mol. The van der Waals surface area contributed by atoms with E-state index >= 15 is 0 Å². The fourth-order valence-electron chi connectivity index (χ4n) is 0.945. The van der Waals surface area contributed by atoms with E-state index < -0.39 is 10.0 Å². The molecule has 0 aliphatic heterocycles. The van der Waals surface area contributed by atoms with E-state index in [0.29, 0.717) is 6.54 Å². The summed E-state index contributed by atoms with van der Waals surface area (Å²) in [6.45, 7) is 4.36. The van der Waals surface area contributed by atoms with Gasteiger partial charge in [-0.15, -0.1) is 0 Å². The van der Waals surface area contributed by atoms with Crippen LogP contribution in [0.1, 0.15) is 26.7 Å². The van der Waals surface area contributed by atoms with Crippen LogP contribution in [0.3, 0.4) is 0 Å². The second-order valence-electron chi connectivity index (χ2n) is 3.47. The normalized spacial score (nSPS) is 12.3. The minimum Gasteiger partial charge on any atom is -0.215 e. The van der Waals surface area contributed by atoms with Crippen LogP contribution < -0.4 is 4.72 Å². The second-order valence-corrected chi connectivity index (χ2v) is 6.11. The number of unbranched alkanes of at least 4 members (excludes halogenated alkanes) is 1. The Kier molecular flexibility index (Phi) is 6.99. The fourth-order valence-corrected chi connectivity index (χ4v) is 2.79. The van der Waals surface area contributed by atoms with Gasteiger partial charge in [-0.05, 0) is 18.8 Å². The highest BCUT2D eigenvalue weighted by molar-refractivity contribution is 9.09. The van der Waals surface area contributed by atoms with Crippen molar-refractivity contribution in [3.05, 3.63) is 0 Å². The molecular formula is C8H18BrNO2S. The van der Waals surface area contributed by atoms with Gasteiger partial charge >= 0.3 is 0 Å². The Bertz CT molecular complexity index is 214. The molecule has 0 fully saturated rings. The first kappa shape index (κ1) is 13.4. The number of hydrogen-bond acceptors (Lipinski definition) is 2. The Labute approximate surface area is 89.5 Å². The van der Waals surface area contributed by atoms with E-state index in [0.717, 1.165) is 18.2 Å². The van der Waals surface area contributed by atoms with Crippen molar-refractivity contribution in [1.82, 2.24) is 4.72 Å². The molecule has 0 amide bonds. The van der Waals surface area contributed by atoms with Gasteiger partial charge in [0.1, 0.15) is 0 Å². The van der Waals surface area contributed by atoms with Gasteiger partial charge in [-0.2, -0.15) is 0 Å². The third-order valence-electron chi connectivity index (χ3n) is 1.44. The molecule has 0 saturated carbocycles. The van der Waals surface area contributed by atoms with Gasteiger partial charge in [0, 0.05) is 11.9 Å². The van der Waals surface area contributed by atoms with Crippen LogP contribution in [0.4, 0.5) is 0 Å². The summed E-state index contributed by atoms with van der Waals surface area (Å²) in [5.74, 6) is 0.412. The highest BCUT2D eigenvalue weighted by Gasteiger charge is 2.10. The van der Waals surface area contributed by atoms with Crippen LogP contribution in [0.5, 0.6) is 0 Å². The Morgan fingerprint density at radius 3 is 2.38 bits per heavy atom. The first-order valence-corrected chi connectivity index (χ1v) is 7.28. The van der Waals surface area contributed by atoms with Gasteiger partial charge in [-0.3, -0.25) is 0 Å². The predicted octanol–water partition coefficient (Wildman–Crippen LogP) is 1.74. The van der Waals surface area contributed by atoms with Crippen molar-refractivity contribution < 1.29 is 8.42 Å². The van der Waals surface area contributed by atoms with Crippen LogP contribution >= 0.6 is 15.9 Å². The summed E-state index contributed by atoms with van der Waals surface area (Å²) < 4.78 is 25.1. The highest BCUT2D eigenvalue weighted by atomic mass is 79.9. The lowest BCUT2D eigenvalue weighted by Crippen LogP contribution is -2.29. The summed E-state index contributed by atoms with van der Waals surface area (Å²) in [7, 11) is -3.03. The zero-order chi connectivity index (χ0) is 10.3. The highest BCUT2D eigenvalue weighted by Crippen LogP contribution is 1.98. The molecule has 0 bridgehead atoms. The summed E-state index contributed by atoms with van der Waals surface area (Å²) in [5.41, 5.74) is 0. The van der Waals surface area contributed by atoms with Crippen LogP contribution in [-0.2, 0) is 10.0 Å². The first-order chi connectivity index (χ1) is 5.98. The topological polar surface area (TPSA) is 46.2 Å². The van der Waals surface area contributed by atoms with Crippen LogP contribution in [0, 0.1) is 5.92 Å². The number of hydrogen-bond donors (Lipinski definition) is 1. The maximum Gasteiger partial charge on any atom is 0.211 e. The Balaban J connectivity index is 3.64. The molecule has 5 heteroatoms. The summed E-state index contributed by atoms with van der Waals surface area (Å²) in [6.07, 6.45) is 1.90. The zero-order valence-electron chi connectivity index (χ0n) is 8.22. The molecule has 1 N–H and O–H groups in total. The molecule has 13 heavy (non-hydrogen) atoms. The number of sulfonamides is 1. The van der Waals surface area contributed by atoms with Gasteiger partial charge in [0.25, 0.3) is 0 Å². The van der Waals surface area contributed by atoms with E-state index in [-0.39, 0.29) is 11.7 Å². The molecule has 80 valence electrons. The molecule has 0 heterocycles. The van der Waals surface area contributed by atoms with Gasteiger partial charge < -0.3 is 0 Å². The van der Waals surface area contributed by atoms with E-state index in [9.17, 15) is 8.42 Å². The lowest BCUT2D eigenvalue weighted by Gasteiger charge is -2.07. The van der Waals surface area contributed by atoms with Gasteiger partial charge in [0.15, 0.2) is 0 Å². The molecule has 0 aromatic rings. The first-order valence-electron chi connectivity index (χ1n) is 4.51. The van der Waals surface area contributed by atoms with Crippen molar-refractivity contribution in [2.75, 3.05) is 17.6 Å². The average molecular weight is 272 g/mol. The van der Waals surface area contributed by atoms with Crippen molar-refractivity contribution >= 4 is 26.0 Å². The largest absolute Gasteiger partial charge is 0.215 e. The molecule has 0 aliphatic carbocycles. The maximum absolute atomic E-state index is 11.3. The summed E-state index contributed by atoms with van der Waals surface area (Å²) >= 11 is 3.29. The lowest BCUT2D eigenvalue weighted by molar-refractivity contribution is 0.565. The van der Waals surface area contributed by atoms with Crippen LogP contribution in [0.15, 0.2) is 0 Å². The van der Waals surface area contributed by atoms with E-state index in [1.54, 1.807) is 0 Å². The van der Waals surface area contributed by atoms with Crippen LogP contribution in [0.25, 0.3) is 0 Å². The molecule has 0 saturated heterocycles. The zero-order valence-corrected chi connectivity index (χ0v) is 10.6. The molecule has 0 aliphatic rings. The minimum atomic E-state index is -3.03. The molecule has 0 rings (SSSR count). The smallest absolute Gasteiger partial charge is 0.211 e. The van der Waals surface area contributed by atoms with Crippen molar-refractivity contribution in [3.63, 3.8) is 0 Å².